The molecule has 0 saturated heterocycles. The summed E-state index contributed by atoms with van der Waals surface area (Å²) in [6.45, 7) is 8.58. The summed E-state index contributed by atoms with van der Waals surface area (Å²) in [6.07, 6.45) is 2.08. The van der Waals surface area contributed by atoms with Crippen LogP contribution in [0.1, 0.15) is 55.1 Å². The van der Waals surface area contributed by atoms with E-state index in [0.29, 0.717) is 12.1 Å². The van der Waals surface area contributed by atoms with Gasteiger partial charge >= 0.3 is 0 Å². The lowest BCUT2D eigenvalue weighted by Crippen LogP contribution is -2.45. The van der Waals surface area contributed by atoms with E-state index in [1.807, 2.05) is 12.1 Å². The van der Waals surface area contributed by atoms with Crippen LogP contribution in [0, 0.1) is 0 Å². The van der Waals surface area contributed by atoms with Gasteiger partial charge in [-0.15, -0.1) is 24.0 Å². The average Bonchev–Trinajstić information content (AvgIpc) is 2.74. The van der Waals surface area contributed by atoms with Crippen molar-refractivity contribution in [2.75, 3.05) is 13.1 Å². The van der Waals surface area contributed by atoms with Crippen molar-refractivity contribution in [3.8, 4) is 0 Å². The van der Waals surface area contributed by atoms with Gasteiger partial charge in [-0.25, -0.2) is 4.99 Å². The van der Waals surface area contributed by atoms with E-state index < -0.39 is 5.91 Å². The predicted octanol–water partition coefficient (Wildman–Crippen LogP) is 4.22. The van der Waals surface area contributed by atoms with Crippen LogP contribution in [0.15, 0.2) is 59.6 Å². The molecule has 2 aromatic carbocycles. The minimum atomic E-state index is -0.422. The Balaban J connectivity index is 0.00000420. The number of carbonyl (C=O) groups is 1. The highest BCUT2D eigenvalue weighted by atomic mass is 127. The highest BCUT2D eigenvalue weighted by molar-refractivity contribution is 14.0. The van der Waals surface area contributed by atoms with Gasteiger partial charge in [0.15, 0.2) is 5.96 Å². The third-order valence-electron chi connectivity index (χ3n) is 5.31. The molecule has 0 radical (unpaired) electrons. The Morgan fingerprint density at radius 3 is 2.28 bits per heavy atom. The fraction of sp³-hybridized carbons (Fsp3) is 0.391. The summed E-state index contributed by atoms with van der Waals surface area (Å²) in [5, 5.41) is 6.83. The quantitative estimate of drug-likeness (QED) is 0.270. The van der Waals surface area contributed by atoms with Crippen LogP contribution in [0.4, 0.5) is 0 Å². The molecule has 0 atom stereocenters. The zero-order valence-electron chi connectivity index (χ0n) is 17.6. The van der Waals surface area contributed by atoms with Gasteiger partial charge in [-0.1, -0.05) is 56.3 Å². The van der Waals surface area contributed by atoms with Gasteiger partial charge in [0.1, 0.15) is 0 Å². The van der Waals surface area contributed by atoms with Crippen LogP contribution in [0.2, 0.25) is 0 Å². The fourth-order valence-electron chi connectivity index (χ4n) is 3.39. The van der Waals surface area contributed by atoms with E-state index in [9.17, 15) is 4.79 Å². The molecule has 2 aromatic rings. The molecule has 0 aliphatic rings. The van der Waals surface area contributed by atoms with Crippen molar-refractivity contribution in [3.63, 3.8) is 0 Å². The zero-order chi connectivity index (χ0) is 20.4. The largest absolute Gasteiger partial charge is 0.366 e. The van der Waals surface area contributed by atoms with Gasteiger partial charge in [-0.05, 0) is 43.0 Å². The molecule has 29 heavy (non-hydrogen) atoms. The number of primary amides is 1. The first kappa shape index (κ1) is 24.9. The van der Waals surface area contributed by atoms with Gasteiger partial charge in [-0.3, -0.25) is 4.79 Å². The van der Waals surface area contributed by atoms with Crippen molar-refractivity contribution in [2.24, 2.45) is 10.7 Å². The summed E-state index contributed by atoms with van der Waals surface area (Å²) in [7, 11) is 0. The van der Waals surface area contributed by atoms with Gasteiger partial charge in [0, 0.05) is 24.1 Å². The van der Waals surface area contributed by atoms with Crippen molar-refractivity contribution in [1.29, 1.82) is 0 Å². The Labute approximate surface area is 191 Å². The first-order chi connectivity index (χ1) is 13.5. The molecule has 0 aliphatic carbocycles. The molecule has 0 heterocycles. The molecule has 4 N–H and O–H groups in total. The van der Waals surface area contributed by atoms with Crippen molar-refractivity contribution in [3.05, 3.63) is 71.3 Å². The van der Waals surface area contributed by atoms with E-state index in [4.69, 9.17) is 10.7 Å². The number of amides is 1. The predicted molar refractivity (Wildman–Crippen MR) is 132 cm³/mol. The summed E-state index contributed by atoms with van der Waals surface area (Å²) >= 11 is 0. The maximum Gasteiger partial charge on any atom is 0.248 e. The van der Waals surface area contributed by atoms with Crippen molar-refractivity contribution in [1.82, 2.24) is 10.6 Å². The number of hydrogen-bond donors (Lipinski definition) is 3. The zero-order valence-corrected chi connectivity index (χ0v) is 19.9. The van der Waals surface area contributed by atoms with Crippen molar-refractivity contribution in [2.45, 2.75) is 45.6 Å². The molecule has 158 valence electrons. The Morgan fingerprint density at radius 1 is 1.00 bits per heavy atom. The van der Waals surface area contributed by atoms with Crippen LogP contribution < -0.4 is 16.4 Å². The fourth-order valence-corrected chi connectivity index (χ4v) is 3.39. The Kier molecular flexibility index (Phi) is 10.7. The summed E-state index contributed by atoms with van der Waals surface area (Å²) in [5.41, 5.74) is 8.23. The van der Waals surface area contributed by atoms with Crippen LogP contribution in [0.3, 0.4) is 0 Å². The van der Waals surface area contributed by atoms with Gasteiger partial charge in [0.25, 0.3) is 0 Å². The summed E-state index contributed by atoms with van der Waals surface area (Å²) in [6, 6.07) is 17.9. The standard InChI is InChI=1S/C23H32N4O.HI/c1-4-23(5-2,20-13-8-7-9-14-20)17-27-22(25-6-3)26-16-18-11-10-12-19(15-18)21(24)28;/h7-15H,4-6,16-17H2,1-3H3,(H2,24,28)(H2,25,26,27);1H. The third kappa shape index (κ3) is 7.03. The molecule has 5 nitrogen and oxygen atoms in total. The molecule has 0 fully saturated rings. The highest BCUT2D eigenvalue weighted by Crippen LogP contribution is 2.30. The van der Waals surface area contributed by atoms with Crippen LogP contribution in [-0.4, -0.2) is 25.0 Å². The molecule has 1 amide bonds. The lowest BCUT2D eigenvalue weighted by atomic mass is 9.76. The number of carbonyl (C=O) groups excluding carboxylic acids is 1. The van der Waals surface area contributed by atoms with E-state index in [1.165, 1.54) is 5.56 Å². The monoisotopic (exact) mass is 508 g/mol. The van der Waals surface area contributed by atoms with Gasteiger partial charge in [-0.2, -0.15) is 0 Å². The first-order valence-electron chi connectivity index (χ1n) is 10.0. The Morgan fingerprint density at radius 2 is 1.69 bits per heavy atom. The molecule has 0 saturated carbocycles. The molecule has 2 rings (SSSR count). The molecule has 0 aliphatic heterocycles. The number of halogens is 1. The molecule has 0 spiro atoms. The number of rotatable bonds is 9. The minimum Gasteiger partial charge on any atom is -0.366 e. The number of nitrogens with two attached hydrogens (primary N) is 1. The highest BCUT2D eigenvalue weighted by Gasteiger charge is 2.28. The van der Waals surface area contributed by atoms with Crippen LogP contribution in [0.25, 0.3) is 0 Å². The second-order valence-electron chi connectivity index (χ2n) is 6.97. The first-order valence-corrected chi connectivity index (χ1v) is 10.0. The second-order valence-corrected chi connectivity index (χ2v) is 6.97. The van der Waals surface area contributed by atoms with Crippen molar-refractivity contribution >= 4 is 35.8 Å². The minimum absolute atomic E-state index is 0. The molecular formula is C23H33IN4O. The third-order valence-corrected chi connectivity index (χ3v) is 5.31. The summed E-state index contributed by atoms with van der Waals surface area (Å²) in [4.78, 5) is 16.1. The molecule has 6 heteroatoms. The number of hydrogen-bond acceptors (Lipinski definition) is 2. The molecular weight excluding hydrogens is 475 g/mol. The average molecular weight is 508 g/mol. The lowest BCUT2D eigenvalue weighted by Gasteiger charge is -2.33. The molecule has 0 unspecified atom stereocenters. The topological polar surface area (TPSA) is 79.5 Å². The van der Waals surface area contributed by atoms with Gasteiger partial charge < -0.3 is 16.4 Å². The summed E-state index contributed by atoms with van der Waals surface area (Å²) < 4.78 is 0. The van der Waals surface area contributed by atoms with Gasteiger partial charge in [0.2, 0.25) is 5.91 Å². The van der Waals surface area contributed by atoms with Crippen LogP contribution in [-0.2, 0) is 12.0 Å². The Hall–Kier alpha value is -2.09. The SMILES string of the molecule is CCNC(=NCc1cccc(C(N)=O)c1)NCC(CC)(CC)c1ccccc1.I. The molecule has 0 bridgehead atoms. The molecule has 0 aromatic heterocycles. The summed E-state index contributed by atoms with van der Waals surface area (Å²) in [5.74, 6) is 0.351. The van der Waals surface area contributed by atoms with E-state index in [0.717, 1.165) is 37.5 Å². The van der Waals surface area contributed by atoms with Crippen molar-refractivity contribution < 1.29 is 4.79 Å². The van der Waals surface area contributed by atoms with Gasteiger partial charge in [0.05, 0.1) is 6.54 Å². The second kappa shape index (κ2) is 12.5. The lowest BCUT2D eigenvalue weighted by molar-refractivity contribution is 0.1000. The van der Waals surface area contributed by atoms with E-state index in [2.05, 4.69) is 61.7 Å². The number of nitrogens with zero attached hydrogens (tertiary/aromatic N) is 1. The number of nitrogens with one attached hydrogen (secondary N) is 2. The number of aliphatic imine (C=N–C) groups is 1. The van der Waals surface area contributed by atoms with Crippen LogP contribution in [0.5, 0.6) is 0 Å². The number of benzene rings is 2. The normalized spacial score (nSPS) is 11.5. The number of guanidine groups is 1. The Bertz CT molecular complexity index is 788. The smallest absolute Gasteiger partial charge is 0.248 e. The van der Waals surface area contributed by atoms with E-state index >= 15 is 0 Å². The van der Waals surface area contributed by atoms with E-state index in [-0.39, 0.29) is 29.4 Å². The maximum absolute atomic E-state index is 11.4. The maximum atomic E-state index is 11.4. The van der Waals surface area contributed by atoms with Crippen LogP contribution >= 0.6 is 24.0 Å². The van der Waals surface area contributed by atoms with E-state index in [1.54, 1.807) is 12.1 Å².